The van der Waals surface area contributed by atoms with E-state index in [2.05, 4.69) is 15.3 Å². The lowest BCUT2D eigenvalue weighted by Crippen LogP contribution is -2.07. The fourth-order valence-corrected chi connectivity index (χ4v) is 2.88. The summed E-state index contributed by atoms with van der Waals surface area (Å²) in [5.41, 5.74) is 7.89. The van der Waals surface area contributed by atoms with Crippen LogP contribution in [0.1, 0.15) is 15.9 Å². The van der Waals surface area contributed by atoms with Crippen molar-refractivity contribution >= 4 is 40.8 Å². The van der Waals surface area contributed by atoms with Crippen molar-refractivity contribution in [2.45, 2.75) is 6.54 Å². The molecule has 0 amide bonds. The van der Waals surface area contributed by atoms with Crippen molar-refractivity contribution in [1.82, 2.24) is 9.97 Å². The van der Waals surface area contributed by atoms with E-state index in [0.717, 1.165) is 5.56 Å². The molecule has 0 aliphatic rings. The standard InChI is InChI=1S/C18H14Cl2N4O2/c19-13-5-2-6-14(20)12(13)8-23-17-16(21)22-9-15(24-17)10-3-1-4-11(7-10)18(25)26/h1-7,9H,8H2,(H2,21,22)(H,23,24)(H,25,26). The number of carbonyl (C=O) groups is 1. The minimum absolute atomic E-state index is 0.165. The number of nitrogens with two attached hydrogens (primary N) is 1. The first-order chi connectivity index (χ1) is 12.5. The minimum atomic E-state index is -1.01. The Hall–Kier alpha value is -2.83. The number of nitrogens with zero attached hydrogens (tertiary/aromatic N) is 2. The maximum Gasteiger partial charge on any atom is 0.335 e. The van der Waals surface area contributed by atoms with Gasteiger partial charge in [-0.2, -0.15) is 0 Å². The number of hydrogen-bond donors (Lipinski definition) is 3. The number of anilines is 2. The number of nitrogen functional groups attached to an aromatic ring is 1. The monoisotopic (exact) mass is 388 g/mol. The summed E-state index contributed by atoms with van der Waals surface area (Å²) in [5, 5.41) is 13.3. The molecule has 4 N–H and O–H groups in total. The number of carboxylic acid groups (broad SMARTS) is 1. The second-order valence-electron chi connectivity index (χ2n) is 5.43. The zero-order chi connectivity index (χ0) is 18.7. The Morgan fingerprint density at radius 2 is 1.85 bits per heavy atom. The Balaban J connectivity index is 1.89. The molecule has 0 spiro atoms. The second-order valence-corrected chi connectivity index (χ2v) is 6.24. The van der Waals surface area contributed by atoms with Crippen molar-refractivity contribution in [2.75, 3.05) is 11.1 Å². The maximum atomic E-state index is 11.1. The van der Waals surface area contributed by atoms with Gasteiger partial charge in [0.2, 0.25) is 0 Å². The molecule has 0 aliphatic heterocycles. The molecule has 6 nitrogen and oxygen atoms in total. The fourth-order valence-electron chi connectivity index (χ4n) is 2.35. The third kappa shape index (κ3) is 3.87. The Kier molecular flexibility index (Phi) is 5.25. The van der Waals surface area contributed by atoms with Crippen LogP contribution in [0.15, 0.2) is 48.7 Å². The van der Waals surface area contributed by atoms with Crippen molar-refractivity contribution in [2.24, 2.45) is 0 Å². The van der Waals surface area contributed by atoms with Crippen LogP contribution >= 0.6 is 23.2 Å². The Labute approximate surface area is 159 Å². The van der Waals surface area contributed by atoms with Crippen LogP contribution in [0.4, 0.5) is 11.6 Å². The molecule has 0 saturated heterocycles. The van der Waals surface area contributed by atoms with E-state index >= 15 is 0 Å². The van der Waals surface area contributed by atoms with Crippen LogP contribution in [-0.2, 0) is 6.54 Å². The number of carboxylic acids is 1. The van der Waals surface area contributed by atoms with Gasteiger partial charge in [-0.1, -0.05) is 41.4 Å². The van der Waals surface area contributed by atoms with Gasteiger partial charge in [-0.25, -0.2) is 14.8 Å². The molecule has 1 heterocycles. The lowest BCUT2D eigenvalue weighted by atomic mass is 10.1. The zero-order valence-corrected chi connectivity index (χ0v) is 14.9. The van der Waals surface area contributed by atoms with Crippen LogP contribution < -0.4 is 11.1 Å². The highest BCUT2D eigenvalue weighted by atomic mass is 35.5. The Bertz CT molecular complexity index is 959. The fraction of sp³-hybridized carbons (Fsp3) is 0.0556. The van der Waals surface area contributed by atoms with Crippen LogP contribution in [0.5, 0.6) is 0 Å². The average Bonchev–Trinajstić information content (AvgIpc) is 2.62. The number of aromatic carboxylic acids is 1. The lowest BCUT2D eigenvalue weighted by molar-refractivity contribution is 0.0697. The normalized spacial score (nSPS) is 10.5. The van der Waals surface area contributed by atoms with Crippen LogP contribution in [0.25, 0.3) is 11.3 Å². The van der Waals surface area contributed by atoms with E-state index in [1.807, 2.05) is 0 Å². The number of rotatable bonds is 5. The molecule has 26 heavy (non-hydrogen) atoms. The van der Waals surface area contributed by atoms with Gasteiger partial charge in [0.25, 0.3) is 0 Å². The van der Waals surface area contributed by atoms with E-state index < -0.39 is 5.97 Å². The molecule has 0 unspecified atom stereocenters. The summed E-state index contributed by atoms with van der Waals surface area (Å²) in [7, 11) is 0. The third-order valence-electron chi connectivity index (χ3n) is 3.70. The molecule has 2 aromatic carbocycles. The van der Waals surface area contributed by atoms with E-state index in [4.69, 9.17) is 34.0 Å². The van der Waals surface area contributed by atoms with Crippen LogP contribution in [0.3, 0.4) is 0 Å². The molecular weight excluding hydrogens is 375 g/mol. The Morgan fingerprint density at radius 1 is 1.15 bits per heavy atom. The average molecular weight is 389 g/mol. The third-order valence-corrected chi connectivity index (χ3v) is 4.41. The topological polar surface area (TPSA) is 101 Å². The number of aromatic nitrogens is 2. The summed E-state index contributed by atoms with van der Waals surface area (Å²) in [6.07, 6.45) is 1.49. The first-order valence-electron chi connectivity index (χ1n) is 7.58. The van der Waals surface area contributed by atoms with Crippen molar-refractivity contribution < 1.29 is 9.90 Å². The summed E-state index contributed by atoms with van der Waals surface area (Å²) < 4.78 is 0. The highest BCUT2D eigenvalue weighted by Gasteiger charge is 2.11. The van der Waals surface area contributed by atoms with Gasteiger partial charge in [0.15, 0.2) is 11.6 Å². The SMILES string of the molecule is Nc1ncc(-c2cccc(C(=O)O)c2)nc1NCc1c(Cl)cccc1Cl. The maximum absolute atomic E-state index is 11.1. The predicted molar refractivity (Wildman–Crippen MR) is 103 cm³/mol. The molecule has 0 fully saturated rings. The van der Waals surface area contributed by atoms with Gasteiger partial charge in [-0.3, -0.25) is 0 Å². The summed E-state index contributed by atoms with van der Waals surface area (Å²) in [5.74, 6) is -0.438. The largest absolute Gasteiger partial charge is 0.478 e. The molecule has 8 heteroatoms. The smallest absolute Gasteiger partial charge is 0.335 e. The quantitative estimate of drug-likeness (QED) is 0.600. The van der Waals surface area contributed by atoms with E-state index in [9.17, 15) is 4.79 Å². The van der Waals surface area contributed by atoms with Gasteiger partial charge in [0.1, 0.15) is 0 Å². The molecule has 0 aliphatic carbocycles. The van der Waals surface area contributed by atoms with Gasteiger partial charge in [-0.15, -0.1) is 0 Å². The van der Waals surface area contributed by atoms with E-state index in [1.54, 1.807) is 30.3 Å². The summed E-state index contributed by atoms with van der Waals surface area (Å²) in [6.45, 7) is 0.315. The van der Waals surface area contributed by atoms with Gasteiger partial charge in [-0.05, 0) is 24.3 Å². The molecule has 132 valence electrons. The minimum Gasteiger partial charge on any atom is -0.478 e. The van der Waals surface area contributed by atoms with Crippen molar-refractivity contribution in [3.8, 4) is 11.3 Å². The number of hydrogen-bond acceptors (Lipinski definition) is 5. The molecule has 0 bridgehead atoms. The molecule has 3 rings (SSSR count). The molecule has 3 aromatic rings. The first-order valence-corrected chi connectivity index (χ1v) is 8.34. The number of nitrogens with one attached hydrogen (secondary N) is 1. The summed E-state index contributed by atoms with van der Waals surface area (Å²) in [6, 6.07) is 11.7. The van der Waals surface area contributed by atoms with E-state index in [-0.39, 0.29) is 11.4 Å². The highest BCUT2D eigenvalue weighted by Crippen LogP contribution is 2.27. The second kappa shape index (κ2) is 7.59. The zero-order valence-electron chi connectivity index (χ0n) is 13.4. The number of benzene rings is 2. The van der Waals surface area contributed by atoms with Crippen molar-refractivity contribution in [1.29, 1.82) is 0 Å². The highest BCUT2D eigenvalue weighted by molar-refractivity contribution is 6.36. The molecule has 1 aromatic heterocycles. The van der Waals surface area contributed by atoms with Crippen molar-refractivity contribution in [3.05, 3.63) is 69.8 Å². The van der Waals surface area contributed by atoms with Crippen molar-refractivity contribution in [3.63, 3.8) is 0 Å². The van der Waals surface area contributed by atoms with Gasteiger partial charge >= 0.3 is 5.97 Å². The molecule has 0 radical (unpaired) electrons. The van der Waals surface area contributed by atoms with Gasteiger partial charge in [0, 0.05) is 27.7 Å². The summed E-state index contributed by atoms with van der Waals surface area (Å²) in [4.78, 5) is 19.7. The molecular formula is C18H14Cl2N4O2. The lowest BCUT2D eigenvalue weighted by Gasteiger charge is -2.12. The van der Waals surface area contributed by atoms with E-state index in [1.165, 1.54) is 18.3 Å². The van der Waals surface area contributed by atoms with Crippen LogP contribution in [0, 0.1) is 0 Å². The van der Waals surface area contributed by atoms with E-state index in [0.29, 0.717) is 33.7 Å². The van der Waals surface area contributed by atoms with Gasteiger partial charge < -0.3 is 16.2 Å². The molecule has 0 saturated carbocycles. The first kappa shape index (κ1) is 18.0. The predicted octanol–water partition coefficient (Wildman–Crippen LogP) is 4.34. The Morgan fingerprint density at radius 3 is 2.54 bits per heavy atom. The van der Waals surface area contributed by atoms with Crippen LogP contribution in [0.2, 0.25) is 10.0 Å². The summed E-state index contributed by atoms with van der Waals surface area (Å²) >= 11 is 12.3. The van der Waals surface area contributed by atoms with Crippen LogP contribution in [-0.4, -0.2) is 21.0 Å². The number of halogens is 2. The molecule has 0 atom stereocenters. The van der Waals surface area contributed by atoms with Gasteiger partial charge in [0.05, 0.1) is 17.5 Å².